The van der Waals surface area contributed by atoms with E-state index >= 15 is 0 Å². The van der Waals surface area contributed by atoms with Crippen LogP contribution in [0.5, 0.6) is 0 Å². The van der Waals surface area contributed by atoms with Crippen LogP contribution in [0.1, 0.15) is 20.3 Å². The van der Waals surface area contributed by atoms with Gasteiger partial charge in [-0.2, -0.15) is 13.2 Å². The lowest BCUT2D eigenvalue weighted by Gasteiger charge is -2.27. The predicted molar refractivity (Wildman–Crippen MR) is 51.0 cm³/mol. The summed E-state index contributed by atoms with van der Waals surface area (Å²) in [6.07, 6.45) is -2.36. The van der Waals surface area contributed by atoms with Crippen LogP contribution in [0, 0.1) is 5.92 Å². The highest BCUT2D eigenvalue weighted by molar-refractivity contribution is 6.30. The highest BCUT2D eigenvalue weighted by Gasteiger charge is 2.40. The summed E-state index contributed by atoms with van der Waals surface area (Å²) in [5, 5.41) is 1.21. The SMILES string of the molecule is CCC(C)C1C(Cl)=CON1CC(F)(F)F. The van der Waals surface area contributed by atoms with Crippen molar-refractivity contribution in [2.75, 3.05) is 6.54 Å². The molecule has 88 valence electrons. The van der Waals surface area contributed by atoms with E-state index in [0.29, 0.717) is 5.03 Å². The molecule has 0 spiro atoms. The minimum Gasteiger partial charge on any atom is -0.412 e. The van der Waals surface area contributed by atoms with Crippen molar-refractivity contribution >= 4 is 11.6 Å². The Morgan fingerprint density at radius 1 is 1.60 bits per heavy atom. The molecule has 0 fully saturated rings. The quantitative estimate of drug-likeness (QED) is 0.754. The zero-order valence-corrected chi connectivity index (χ0v) is 9.27. The first-order valence-electron chi connectivity index (χ1n) is 4.71. The summed E-state index contributed by atoms with van der Waals surface area (Å²) in [7, 11) is 0. The van der Waals surface area contributed by atoms with Crippen LogP contribution in [0.3, 0.4) is 0 Å². The summed E-state index contributed by atoms with van der Waals surface area (Å²) in [6, 6.07) is -0.488. The third-order valence-electron chi connectivity index (χ3n) is 2.41. The minimum atomic E-state index is -4.28. The molecule has 0 saturated heterocycles. The van der Waals surface area contributed by atoms with Crippen LogP contribution >= 0.6 is 11.6 Å². The molecule has 0 radical (unpaired) electrons. The molecule has 0 aromatic heterocycles. The van der Waals surface area contributed by atoms with Crippen LogP contribution in [0.15, 0.2) is 11.3 Å². The Labute approximate surface area is 91.6 Å². The molecule has 2 atom stereocenters. The second-order valence-electron chi connectivity index (χ2n) is 3.63. The summed E-state index contributed by atoms with van der Waals surface area (Å²) in [5.41, 5.74) is 0. The molecule has 1 aliphatic heterocycles. The molecule has 0 bridgehead atoms. The van der Waals surface area contributed by atoms with Gasteiger partial charge in [-0.25, -0.2) is 0 Å². The lowest BCUT2D eigenvalue weighted by Crippen LogP contribution is -2.41. The predicted octanol–water partition coefficient (Wildman–Crippen LogP) is 3.29. The molecule has 0 aliphatic carbocycles. The zero-order valence-electron chi connectivity index (χ0n) is 8.51. The Kier molecular flexibility index (Phi) is 3.89. The molecule has 0 amide bonds. The van der Waals surface area contributed by atoms with E-state index in [9.17, 15) is 13.2 Å². The molecule has 2 unspecified atom stereocenters. The van der Waals surface area contributed by atoms with Crippen molar-refractivity contribution in [1.29, 1.82) is 0 Å². The molecule has 15 heavy (non-hydrogen) atoms. The Balaban J connectivity index is 2.67. The van der Waals surface area contributed by atoms with Crippen molar-refractivity contribution in [2.24, 2.45) is 5.92 Å². The molecule has 1 rings (SSSR count). The molecule has 0 saturated carbocycles. The number of hydroxylamine groups is 2. The number of hydrogen-bond acceptors (Lipinski definition) is 2. The van der Waals surface area contributed by atoms with Gasteiger partial charge < -0.3 is 4.84 Å². The van der Waals surface area contributed by atoms with Gasteiger partial charge in [0, 0.05) is 0 Å². The largest absolute Gasteiger partial charge is 0.412 e. The number of halogens is 4. The average molecular weight is 244 g/mol. The van der Waals surface area contributed by atoms with Crippen LogP contribution in [0.4, 0.5) is 13.2 Å². The van der Waals surface area contributed by atoms with E-state index in [-0.39, 0.29) is 5.92 Å². The van der Waals surface area contributed by atoms with Crippen LogP contribution in [0.2, 0.25) is 0 Å². The maximum absolute atomic E-state index is 12.2. The van der Waals surface area contributed by atoms with E-state index in [1.165, 1.54) is 6.26 Å². The average Bonchev–Trinajstić information content (AvgIpc) is 2.43. The topological polar surface area (TPSA) is 12.5 Å². The van der Waals surface area contributed by atoms with Crippen molar-refractivity contribution in [3.8, 4) is 0 Å². The number of rotatable bonds is 3. The normalized spacial score (nSPS) is 24.9. The third kappa shape index (κ3) is 3.28. The van der Waals surface area contributed by atoms with Crippen molar-refractivity contribution in [2.45, 2.75) is 32.5 Å². The van der Waals surface area contributed by atoms with Crippen molar-refractivity contribution in [1.82, 2.24) is 5.06 Å². The van der Waals surface area contributed by atoms with Gasteiger partial charge in [-0.15, -0.1) is 5.06 Å². The number of alkyl halides is 3. The van der Waals surface area contributed by atoms with Gasteiger partial charge in [0.05, 0.1) is 11.1 Å². The van der Waals surface area contributed by atoms with Gasteiger partial charge in [0.2, 0.25) is 0 Å². The monoisotopic (exact) mass is 243 g/mol. The zero-order chi connectivity index (χ0) is 11.6. The van der Waals surface area contributed by atoms with E-state index in [4.69, 9.17) is 16.4 Å². The van der Waals surface area contributed by atoms with E-state index in [0.717, 1.165) is 11.5 Å². The van der Waals surface area contributed by atoms with Gasteiger partial charge in [0.15, 0.2) is 0 Å². The van der Waals surface area contributed by atoms with Crippen molar-refractivity contribution < 1.29 is 18.0 Å². The maximum Gasteiger partial charge on any atom is 0.404 e. The fourth-order valence-electron chi connectivity index (χ4n) is 1.48. The van der Waals surface area contributed by atoms with Crippen LogP contribution in [-0.2, 0) is 4.84 Å². The first-order valence-corrected chi connectivity index (χ1v) is 5.08. The summed E-state index contributed by atoms with van der Waals surface area (Å²) in [6.45, 7) is 2.65. The lowest BCUT2D eigenvalue weighted by atomic mass is 9.99. The van der Waals surface area contributed by atoms with Crippen molar-refractivity contribution in [3.05, 3.63) is 11.3 Å². The Bertz CT molecular complexity index is 254. The second-order valence-corrected chi connectivity index (χ2v) is 4.07. The molecule has 6 heteroatoms. The van der Waals surface area contributed by atoms with Crippen molar-refractivity contribution in [3.63, 3.8) is 0 Å². The standard InChI is InChI=1S/C9H13ClF3NO/c1-3-6(2)8-7(10)4-15-14(8)5-9(11,12)13/h4,6,8H,3,5H2,1-2H3. The minimum absolute atomic E-state index is 0.0265. The Hall–Kier alpha value is -0.420. The molecular weight excluding hydrogens is 231 g/mol. The molecule has 0 aromatic rings. The van der Waals surface area contributed by atoms with Crippen LogP contribution in [-0.4, -0.2) is 23.8 Å². The molecular formula is C9H13ClF3NO. The highest BCUT2D eigenvalue weighted by Crippen LogP contribution is 2.32. The second kappa shape index (κ2) is 4.61. The first-order chi connectivity index (χ1) is 6.85. The maximum atomic E-state index is 12.2. The number of nitrogens with zero attached hydrogens (tertiary/aromatic N) is 1. The third-order valence-corrected chi connectivity index (χ3v) is 2.72. The summed E-state index contributed by atoms with van der Waals surface area (Å²) in [5.74, 6) is 0.0265. The summed E-state index contributed by atoms with van der Waals surface area (Å²) >= 11 is 5.80. The van der Waals surface area contributed by atoms with Gasteiger partial charge in [0.25, 0.3) is 0 Å². The Morgan fingerprint density at radius 2 is 2.20 bits per heavy atom. The lowest BCUT2D eigenvalue weighted by molar-refractivity contribution is -0.217. The van der Waals surface area contributed by atoms with Gasteiger partial charge in [-0.3, -0.25) is 0 Å². The molecule has 2 nitrogen and oxygen atoms in total. The van der Waals surface area contributed by atoms with E-state index < -0.39 is 18.8 Å². The molecule has 1 aliphatic rings. The molecule has 0 N–H and O–H groups in total. The fraction of sp³-hybridized carbons (Fsp3) is 0.778. The van der Waals surface area contributed by atoms with Crippen LogP contribution < -0.4 is 0 Å². The smallest absolute Gasteiger partial charge is 0.404 e. The first kappa shape index (κ1) is 12.6. The highest BCUT2D eigenvalue weighted by atomic mass is 35.5. The van der Waals surface area contributed by atoms with Gasteiger partial charge >= 0.3 is 6.18 Å². The summed E-state index contributed by atoms with van der Waals surface area (Å²) < 4.78 is 36.6. The summed E-state index contributed by atoms with van der Waals surface area (Å²) in [4.78, 5) is 4.80. The van der Waals surface area contributed by atoms with Gasteiger partial charge in [-0.05, 0) is 5.92 Å². The molecule has 0 aromatic carbocycles. The molecule has 1 heterocycles. The fourth-order valence-corrected chi connectivity index (χ4v) is 1.85. The number of hydrogen-bond donors (Lipinski definition) is 0. The van der Waals surface area contributed by atoms with Gasteiger partial charge in [-0.1, -0.05) is 31.9 Å². The van der Waals surface area contributed by atoms with Gasteiger partial charge in [0.1, 0.15) is 12.8 Å². The van der Waals surface area contributed by atoms with E-state index in [1.54, 1.807) is 0 Å². The van der Waals surface area contributed by atoms with Crippen LogP contribution in [0.25, 0.3) is 0 Å². The van der Waals surface area contributed by atoms with E-state index in [1.807, 2.05) is 13.8 Å². The Morgan fingerprint density at radius 3 is 2.67 bits per heavy atom. The van der Waals surface area contributed by atoms with E-state index in [2.05, 4.69) is 0 Å².